The Bertz CT molecular complexity index is 373. The van der Waals surface area contributed by atoms with Crippen LogP contribution in [-0.4, -0.2) is 23.8 Å². The van der Waals surface area contributed by atoms with Crippen LogP contribution in [0.15, 0.2) is 18.2 Å². The minimum absolute atomic E-state index is 0.260. The Morgan fingerprint density at radius 3 is 2.41 bits per heavy atom. The van der Waals surface area contributed by atoms with Crippen LogP contribution in [-0.2, 0) is 16.0 Å². The van der Waals surface area contributed by atoms with Crippen molar-refractivity contribution in [1.29, 1.82) is 0 Å². The van der Waals surface area contributed by atoms with Gasteiger partial charge in [-0.2, -0.15) is 0 Å². The molecule has 0 aliphatic heterocycles. The molecule has 1 atom stereocenters. The van der Waals surface area contributed by atoms with Crippen molar-refractivity contribution in [2.75, 3.05) is 6.61 Å². The van der Waals surface area contributed by atoms with Crippen LogP contribution in [0.5, 0.6) is 0 Å². The number of benzene rings is 1. The van der Waals surface area contributed by atoms with E-state index in [9.17, 15) is 4.79 Å². The van der Waals surface area contributed by atoms with Crippen LogP contribution in [0.2, 0.25) is 10.0 Å². The number of aliphatic carboxylic acids is 1. The average molecular weight is 277 g/mol. The number of carboxylic acids is 1. The summed E-state index contributed by atoms with van der Waals surface area (Å²) in [4.78, 5) is 11.0. The Balaban J connectivity index is 2.74. The van der Waals surface area contributed by atoms with Gasteiger partial charge in [0.25, 0.3) is 0 Å². The van der Waals surface area contributed by atoms with Crippen LogP contribution in [0.1, 0.15) is 18.9 Å². The quantitative estimate of drug-likeness (QED) is 0.866. The second kappa shape index (κ2) is 6.84. The van der Waals surface area contributed by atoms with Gasteiger partial charge in [0.2, 0.25) is 0 Å². The predicted molar refractivity (Wildman–Crippen MR) is 67.8 cm³/mol. The van der Waals surface area contributed by atoms with Gasteiger partial charge in [-0.15, -0.1) is 0 Å². The molecule has 0 heterocycles. The number of carboxylic acid groups (broad SMARTS) is 1. The summed E-state index contributed by atoms with van der Waals surface area (Å²) in [6, 6.07) is 4.99. The first-order chi connectivity index (χ1) is 8.02. The van der Waals surface area contributed by atoms with Crippen molar-refractivity contribution in [3.8, 4) is 0 Å². The van der Waals surface area contributed by atoms with Crippen LogP contribution in [0, 0.1) is 0 Å². The third kappa shape index (κ3) is 4.94. The van der Waals surface area contributed by atoms with Gasteiger partial charge in [0, 0.05) is 23.1 Å². The molecule has 0 aliphatic carbocycles. The van der Waals surface area contributed by atoms with E-state index in [4.69, 9.17) is 33.0 Å². The Labute approximate surface area is 110 Å². The lowest BCUT2D eigenvalue weighted by molar-refractivity contribution is -0.150. The van der Waals surface area contributed by atoms with Crippen molar-refractivity contribution in [1.82, 2.24) is 0 Å². The van der Waals surface area contributed by atoms with Crippen molar-refractivity contribution in [2.24, 2.45) is 0 Å². The van der Waals surface area contributed by atoms with E-state index in [0.29, 0.717) is 16.7 Å². The number of hydrogen-bond acceptors (Lipinski definition) is 2. The number of halogens is 2. The summed E-state index contributed by atoms with van der Waals surface area (Å²) in [5.74, 6) is -0.977. The van der Waals surface area contributed by atoms with Gasteiger partial charge in [-0.1, -0.05) is 30.1 Å². The highest BCUT2D eigenvalue weighted by Gasteiger charge is 2.18. The third-order valence-electron chi connectivity index (χ3n) is 2.14. The first-order valence-electron chi connectivity index (χ1n) is 5.32. The van der Waals surface area contributed by atoms with Crippen LogP contribution in [0.25, 0.3) is 0 Å². The Kier molecular flexibility index (Phi) is 5.75. The van der Waals surface area contributed by atoms with E-state index in [1.54, 1.807) is 18.2 Å². The molecule has 0 saturated carbocycles. The number of hydrogen-bond donors (Lipinski definition) is 1. The molecule has 0 saturated heterocycles. The lowest BCUT2D eigenvalue weighted by Crippen LogP contribution is -2.26. The molecule has 94 valence electrons. The van der Waals surface area contributed by atoms with Gasteiger partial charge in [-0.3, -0.25) is 0 Å². The summed E-state index contributed by atoms with van der Waals surface area (Å²) in [5.41, 5.74) is 0.756. The molecule has 1 aromatic carbocycles. The lowest BCUT2D eigenvalue weighted by Gasteiger charge is -2.13. The minimum atomic E-state index is -0.977. The van der Waals surface area contributed by atoms with E-state index >= 15 is 0 Å². The van der Waals surface area contributed by atoms with Gasteiger partial charge in [-0.05, 0) is 30.2 Å². The van der Waals surface area contributed by atoms with Crippen molar-refractivity contribution in [2.45, 2.75) is 25.9 Å². The maximum atomic E-state index is 11.0. The monoisotopic (exact) mass is 276 g/mol. The normalized spacial score (nSPS) is 12.4. The van der Waals surface area contributed by atoms with E-state index in [1.165, 1.54) is 0 Å². The second-order valence-corrected chi connectivity index (χ2v) is 4.55. The number of rotatable bonds is 6. The molecule has 3 nitrogen and oxygen atoms in total. The van der Waals surface area contributed by atoms with Crippen LogP contribution in [0.3, 0.4) is 0 Å². The summed E-state index contributed by atoms with van der Waals surface area (Å²) in [6.45, 7) is 2.35. The standard InChI is InChI=1S/C12H14Cl2O3/c1-2-3-17-11(12(15)16)6-8-4-9(13)7-10(14)5-8/h4-5,7,11H,2-3,6H2,1H3,(H,15,16). The SMILES string of the molecule is CCCOC(Cc1cc(Cl)cc(Cl)c1)C(=O)O. The highest BCUT2D eigenvalue weighted by molar-refractivity contribution is 6.34. The molecule has 17 heavy (non-hydrogen) atoms. The number of carbonyl (C=O) groups is 1. The lowest BCUT2D eigenvalue weighted by atomic mass is 10.1. The van der Waals surface area contributed by atoms with Gasteiger partial charge < -0.3 is 9.84 Å². The molecule has 0 aliphatic rings. The molecule has 0 spiro atoms. The fourth-order valence-corrected chi connectivity index (χ4v) is 1.99. The molecule has 1 aromatic rings. The van der Waals surface area contributed by atoms with E-state index in [0.717, 1.165) is 12.0 Å². The van der Waals surface area contributed by atoms with Crippen molar-refractivity contribution >= 4 is 29.2 Å². The highest BCUT2D eigenvalue weighted by Crippen LogP contribution is 2.20. The summed E-state index contributed by atoms with van der Waals surface area (Å²) < 4.78 is 5.25. The smallest absolute Gasteiger partial charge is 0.333 e. The average Bonchev–Trinajstić information content (AvgIpc) is 2.22. The largest absolute Gasteiger partial charge is 0.479 e. The van der Waals surface area contributed by atoms with Crippen LogP contribution < -0.4 is 0 Å². The molecule has 5 heteroatoms. The molecule has 0 fully saturated rings. The predicted octanol–water partition coefficient (Wildman–Crippen LogP) is 3.42. The van der Waals surface area contributed by atoms with Crippen molar-refractivity contribution in [3.05, 3.63) is 33.8 Å². The zero-order valence-electron chi connectivity index (χ0n) is 9.45. The van der Waals surface area contributed by atoms with Gasteiger partial charge in [0.1, 0.15) is 0 Å². The van der Waals surface area contributed by atoms with Gasteiger partial charge in [0.15, 0.2) is 6.10 Å². The maximum Gasteiger partial charge on any atom is 0.333 e. The first-order valence-corrected chi connectivity index (χ1v) is 6.08. The summed E-state index contributed by atoms with van der Waals surface area (Å²) in [7, 11) is 0. The van der Waals surface area contributed by atoms with Crippen molar-refractivity contribution in [3.63, 3.8) is 0 Å². The summed E-state index contributed by atoms with van der Waals surface area (Å²) >= 11 is 11.7. The Morgan fingerprint density at radius 2 is 1.94 bits per heavy atom. The summed E-state index contributed by atoms with van der Waals surface area (Å²) in [6.07, 6.45) is 0.180. The third-order valence-corrected chi connectivity index (χ3v) is 2.58. The van der Waals surface area contributed by atoms with Crippen LogP contribution in [0.4, 0.5) is 0 Å². The molecule has 1 N–H and O–H groups in total. The zero-order valence-corrected chi connectivity index (χ0v) is 11.0. The zero-order chi connectivity index (χ0) is 12.8. The number of ether oxygens (including phenoxy) is 1. The molecule has 0 bridgehead atoms. The van der Waals surface area contributed by atoms with E-state index in [1.807, 2.05) is 6.92 Å². The minimum Gasteiger partial charge on any atom is -0.479 e. The fraction of sp³-hybridized carbons (Fsp3) is 0.417. The topological polar surface area (TPSA) is 46.5 Å². The molecule has 0 amide bonds. The van der Waals surface area contributed by atoms with E-state index in [2.05, 4.69) is 0 Å². The Hall–Kier alpha value is -0.770. The molecular formula is C12H14Cl2O3. The maximum absolute atomic E-state index is 11.0. The fourth-order valence-electron chi connectivity index (χ4n) is 1.42. The molecule has 0 radical (unpaired) electrons. The van der Waals surface area contributed by atoms with Gasteiger partial charge >= 0.3 is 5.97 Å². The van der Waals surface area contributed by atoms with E-state index < -0.39 is 12.1 Å². The molecule has 1 rings (SSSR count). The highest BCUT2D eigenvalue weighted by atomic mass is 35.5. The van der Waals surface area contributed by atoms with Crippen molar-refractivity contribution < 1.29 is 14.6 Å². The second-order valence-electron chi connectivity index (χ2n) is 3.68. The Morgan fingerprint density at radius 1 is 1.35 bits per heavy atom. The molecule has 1 unspecified atom stereocenters. The molecule has 0 aromatic heterocycles. The van der Waals surface area contributed by atoms with Gasteiger partial charge in [0.05, 0.1) is 0 Å². The van der Waals surface area contributed by atoms with Gasteiger partial charge in [-0.25, -0.2) is 4.79 Å². The molecular weight excluding hydrogens is 263 g/mol. The first kappa shape index (κ1) is 14.3. The van der Waals surface area contributed by atoms with Crippen LogP contribution >= 0.6 is 23.2 Å². The van der Waals surface area contributed by atoms with E-state index in [-0.39, 0.29) is 6.42 Å². The summed E-state index contributed by atoms with van der Waals surface area (Å²) in [5, 5.41) is 9.99.